The van der Waals surface area contributed by atoms with Crippen LogP contribution in [-0.2, 0) is 10.0 Å². The smallest absolute Gasteiger partial charge is 0.494 e. The van der Waals surface area contributed by atoms with Gasteiger partial charge in [0.15, 0.2) is 0 Å². The Hall–Kier alpha value is -2.42. The number of hydrogen-bond acceptors (Lipinski definition) is 4. The van der Waals surface area contributed by atoms with Gasteiger partial charge in [-0.25, -0.2) is 8.42 Å². The van der Waals surface area contributed by atoms with Crippen LogP contribution in [0.4, 0.5) is 18.9 Å². The van der Waals surface area contributed by atoms with Gasteiger partial charge in [0.2, 0.25) is 0 Å². The second-order valence-electron chi connectivity index (χ2n) is 4.58. The third-order valence-corrected chi connectivity index (χ3v) is 4.18. The summed E-state index contributed by atoms with van der Waals surface area (Å²) in [5, 5.41) is 0. The Morgan fingerprint density at radius 2 is 1.50 bits per heavy atom. The SMILES string of the molecule is CCOc1ccc(S(=O)(=O)Nc2ccc(OC(F)(F)F)cc2)cc1. The van der Waals surface area contributed by atoms with Crippen molar-refractivity contribution in [3.63, 3.8) is 0 Å². The van der Waals surface area contributed by atoms with Gasteiger partial charge in [-0.1, -0.05) is 0 Å². The Morgan fingerprint density at radius 1 is 0.958 bits per heavy atom. The average Bonchev–Trinajstić information content (AvgIpc) is 2.48. The molecular formula is C15H14F3NO4S. The Bertz CT molecular complexity index is 772. The molecule has 0 aromatic heterocycles. The van der Waals surface area contributed by atoms with Crippen LogP contribution < -0.4 is 14.2 Å². The fraction of sp³-hybridized carbons (Fsp3) is 0.200. The second kappa shape index (κ2) is 7.00. The van der Waals surface area contributed by atoms with Crippen molar-refractivity contribution in [1.29, 1.82) is 0 Å². The number of hydrogen-bond donors (Lipinski definition) is 1. The molecule has 0 radical (unpaired) electrons. The molecule has 0 aliphatic carbocycles. The third kappa shape index (κ3) is 5.05. The molecule has 0 aliphatic rings. The fourth-order valence-electron chi connectivity index (χ4n) is 1.82. The lowest BCUT2D eigenvalue weighted by Crippen LogP contribution is -2.17. The second-order valence-corrected chi connectivity index (χ2v) is 6.26. The van der Waals surface area contributed by atoms with E-state index in [1.165, 1.54) is 36.4 Å². The van der Waals surface area contributed by atoms with Gasteiger partial charge in [-0.15, -0.1) is 13.2 Å². The molecule has 0 bridgehead atoms. The van der Waals surface area contributed by atoms with Gasteiger partial charge in [0.05, 0.1) is 11.5 Å². The minimum Gasteiger partial charge on any atom is -0.494 e. The van der Waals surface area contributed by atoms with E-state index in [2.05, 4.69) is 9.46 Å². The molecule has 9 heteroatoms. The van der Waals surface area contributed by atoms with Gasteiger partial charge in [0, 0.05) is 5.69 Å². The summed E-state index contributed by atoms with van der Waals surface area (Å²) in [6.07, 6.45) is -4.80. The van der Waals surface area contributed by atoms with E-state index in [0.717, 1.165) is 12.1 Å². The molecule has 24 heavy (non-hydrogen) atoms. The molecule has 0 heterocycles. The van der Waals surface area contributed by atoms with Crippen molar-refractivity contribution in [3.05, 3.63) is 48.5 Å². The number of sulfonamides is 1. The van der Waals surface area contributed by atoms with Crippen LogP contribution in [0.3, 0.4) is 0 Å². The van der Waals surface area contributed by atoms with E-state index in [0.29, 0.717) is 12.4 Å². The van der Waals surface area contributed by atoms with Crippen molar-refractivity contribution in [3.8, 4) is 11.5 Å². The Balaban J connectivity index is 2.11. The van der Waals surface area contributed by atoms with Crippen LogP contribution in [0.2, 0.25) is 0 Å². The average molecular weight is 361 g/mol. The lowest BCUT2D eigenvalue weighted by atomic mass is 10.3. The van der Waals surface area contributed by atoms with Gasteiger partial charge < -0.3 is 9.47 Å². The van der Waals surface area contributed by atoms with Crippen LogP contribution in [-0.4, -0.2) is 21.4 Å². The standard InChI is InChI=1S/C15H14F3NO4S/c1-2-22-12-7-9-14(10-8-12)24(20,21)19-11-3-5-13(6-4-11)23-15(16,17)18/h3-10,19H,2H2,1H3. The summed E-state index contributed by atoms with van der Waals surface area (Å²) in [4.78, 5) is 0.00145. The number of anilines is 1. The molecule has 0 spiro atoms. The highest BCUT2D eigenvalue weighted by molar-refractivity contribution is 7.92. The summed E-state index contributed by atoms with van der Waals surface area (Å²) in [7, 11) is -3.86. The molecule has 0 amide bonds. The molecule has 0 atom stereocenters. The summed E-state index contributed by atoms with van der Waals surface area (Å²) in [6.45, 7) is 2.26. The van der Waals surface area contributed by atoms with Crippen LogP contribution in [0.15, 0.2) is 53.4 Å². The maximum Gasteiger partial charge on any atom is 0.573 e. The van der Waals surface area contributed by atoms with E-state index >= 15 is 0 Å². The molecule has 130 valence electrons. The predicted octanol–water partition coefficient (Wildman–Crippen LogP) is 3.78. The van der Waals surface area contributed by atoms with Gasteiger partial charge in [-0.2, -0.15) is 0 Å². The van der Waals surface area contributed by atoms with E-state index in [4.69, 9.17) is 4.74 Å². The summed E-state index contributed by atoms with van der Waals surface area (Å²) in [5.74, 6) is 0.0941. The van der Waals surface area contributed by atoms with Crippen molar-refractivity contribution in [2.45, 2.75) is 18.2 Å². The van der Waals surface area contributed by atoms with Crippen molar-refractivity contribution in [2.75, 3.05) is 11.3 Å². The monoisotopic (exact) mass is 361 g/mol. The molecule has 0 fully saturated rings. The molecule has 0 saturated heterocycles. The summed E-state index contributed by atoms with van der Waals surface area (Å²) in [5.41, 5.74) is 0.110. The van der Waals surface area contributed by atoms with Crippen LogP contribution >= 0.6 is 0 Å². The van der Waals surface area contributed by atoms with Crippen molar-refractivity contribution >= 4 is 15.7 Å². The molecule has 2 rings (SSSR count). The first kappa shape index (κ1) is 17.9. The zero-order valence-electron chi connectivity index (χ0n) is 12.5. The largest absolute Gasteiger partial charge is 0.573 e. The van der Waals surface area contributed by atoms with E-state index in [9.17, 15) is 21.6 Å². The van der Waals surface area contributed by atoms with Gasteiger partial charge >= 0.3 is 6.36 Å². The molecule has 0 unspecified atom stereocenters. The van der Waals surface area contributed by atoms with Gasteiger partial charge in [-0.05, 0) is 55.5 Å². The van der Waals surface area contributed by atoms with Crippen molar-refractivity contribution in [2.24, 2.45) is 0 Å². The van der Waals surface area contributed by atoms with E-state index < -0.39 is 22.1 Å². The van der Waals surface area contributed by atoms with Crippen molar-refractivity contribution < 1.29 is 31.1 Å². The van der Waals surface area contributed by atoms with Gasteiger partial charge in [0.25, 0.3) is 10.0 Å². The van der Waals surface area contributed by atoms with Crippen LogP contribution in [0.5, 0.6) is 11.5 Å². The third-order valence-electron chi connectivity index (χ3n) is 2.79. The Kier molecular flexibility index (Phi) is 5.23. The topological polar surface area (TPSA) is 64.6 Å². The first-order chi connectivity index (χ1) is 11.2. The van der Waals surface area contributed by atoms with Crippen LogP contribution in [0, 0.1) is 0 Å². The molecular weight excluding hydrogens is 347 g/mol. The first-order valence-electron chi connectivity index (χ1n) is 6.81. The summed E-state index contributed by atoms with van der Waals surface area (Å²) in [6, 6.07) is 10.1. The maximum atomic E-state index is 12.2. The molecule has 5 nitrogen and oxygen atoms in total. The van der Waals surface area contributed by atoms with Crippen LogP contribution in [0.1, 0.15) is 6.92 Å². The fourth-order valence-corrected chi connectivity index (χ4v) is 2.88. The quantitative estimate of drug-likeness (QED) is 0.850. The molecule has 0 saturated carbocycles. The zero-order valence-corrected chi connectivity index (χ0v) is 13.3. The van der Waals surface area contributed by atoms with E-state index in [1.54, 1.807) is 6.92 Å². The van der Waals surface area contributed by atoms with Crippen molar-refractivity contribution in [1.82, 2.24) is 0 Å². The minimum atomic E-state index is -4.80. The highest BCUT2D eigenvalue weighted by Gasteiger charge is 2.31. The zero-order chi connectivity index (χ0) is 17.8. The lowest BCUT2D eigenvalue weighted by Gasteiger charge is -2.11. The normalized spacial score (nSPS) is 11.8. The first-order valence-corrected chi connectivity index (χ1v) is 8.29. The lowest BCUT2D eigenvalue weighted by molar-refractivity contribution is -0.274. The highest BCUT2D eigenvalue weighted by Crippen LogP contribution is 2.25. The highest BCUT2D eigenvalue weighted by atomic mass is 32.2. The number of alkyl halides is 3. The number of benzene rings is 2. The van der Waals surface area contributed by atoms with E-state index in [1.807, 2.05) is 0 Å². The number of rotatable bonds is 6. The molecule has 1 N–H and O–H groups in total. The number of nitrogens with one attached hydrogen (secondary N) is 1. The summed E-state index contributed by atoms with van der Waals surface area (Å²) < 4.78 is 71.9. The number of halogens is 3. The molecule has 0 aliphatic heterocycles. The van der Waals surface area contributed by atoms with Gasteiger partial charge in [0.1, 0.15) is 11.5 Å². The molecule has 2 aromatic rings. The van der Waals surface area contributed by atoms with Gasteiger partial charge in [-0.3, -0.25) is 4.72 Å². The Labute approximate surface area is 137 Å². The van der Waals surface area contributed by atoms with Crippen LogP contribution in [0.25, 0.3) is 0 Å². The predicted molar refractivity (Wildman–Crippen MR) is 81.5 cm³/mol. The minimum absolute atomic E-state index is 0.00145. The number of ether oxygens (including phenoxy) is 2. The van der Waals surface area contributed by atoms with E-state index in [-0.39, 0.29) is 10.6 Å². The molecule has 2 aromatic carbocycles. The summed E-state index contributed by atoms with van der Waals surface area (Å²) >= 11 is 0. The Morgan fingerprint density at radius 3 is 2.00 bits per heavy atom. The maximum absolute atomic E-state index is 12.2.